The Labute approximate surface area is 165 Å². The molecule has 3 rings (SSSR count). The molecule has 146 valence electrons. The van der Waals surface area contributed by atoms with Crippen LogP contribution >= 0.6 is 12.2 Å². The van der Waals surface area contributed by atoms with Gasteiger partial charge in [-0.25, -0.2) is 8.78 Å². The van der Waals surface area contributed by atoms with Crippen LogP contribution in [0.1, 0.15) is 18.5 Å². The van der Waals surface area contributed by atoms with Gasteiger partial charge in [0.25, 0.3) is 0 Å². The van der Waals surface area contributed by atoms with E-state index >= 15 is 0 Å². The van der Waals surface area contributed by atoms with E-state index in [1.165, 1.54) is 6.07 Å². The van der Waals surface area contributed by atoms with Crippen LogP contribution in [0.5, 0.6) is 5.75 Å². The van der Waals surface area contributed by atoms with Gasteiger partial charge >= 0.3 is 0 Å². The third-order valence-electron chi connectivity index (χ3n) is 4.21. The molecule has 6 nitrogen and oxygen atoms in total. The van der Waals surface area contributed by atoms with Crippen LogP contribution in [0.3, 0.4) is 0 Å². The van der Waals surface area contributed by atoms with Gasteiger partial charge in [-0.15, -0.1) is 0 Å². The summed E-state index contributed by atoms with van der Waals surface area (Å²) in [6.07, 6.45) is 0. The van der Waals surface area contributed by atoms with Crippen molar-refractivity contribution in [3.05, 3.63) is 64.4 Å². The summed E-state index contributed by atoms with van der Waals surface area (Å²) in [5.41, 5.74) is 0.944. The van der Waals surface area contributed by atoms with Crippen molar-refractivity contribution in [1.29, 1.82) is 0 Å². The number of H-pyrrole nitrogens is 1. The maximum absolute atomic E-state index is 13.9. The van der Waals surface area contributed by atoms with E-state index in [0.29, 0.717) is 11.6 Å². The van der Waals surface area contributed by atoms with Crippen molar-refractivity contribution in [2.75, 3.05) is 7.11 Å². The molecule has 0 fully saturated rings. The lowest BCUT2D eigenvalue weighted by molar-refractivity contribution is -0.122. The van der Waals surface area contributed by atoms with Crippen molar-refractivity contribution in [1.82, 2.24) is 20.1 Å². The van der Waals surface area contributed by atoms with Crippen LogP contribution in [-0.4, -0.2) is 27.8 Å². The average molecular weight is 404 g/mol. The molecule has 9 heteroatoms. The van der Waals surface area contributed by atoms with Crippen LogP contribution in [0, 0.1) is 16.4 Å². The van der Waals surface area contributed by atoms with Gasteiger partial charge in [0.05, 0.1) is 13.2 Å². The number of methoxy groups -OCH3 is 1. The molecular weight excluding hydrogens is 386 g/mol. The highest BCUT2D eigenvalue weighted by Crippen LogP contribution is 2.21. The molecule has 0 saturated carbocycles. The third-order valence-corrected chi connectivity index (χ3v) is 4.53. The zero-order valence-corrected chi connectivity index (χ0v) is 16.0. The number of ether oxygens (including phenoxy) is 1. The van der Waals surface area contributed by atoms with E-state index in [1.807, 2.05) is 0 Å². The molecule has 0 saturated heterocycles. The minimum Gasteiger partial charge on any atom is -0.497 e. The number of aromatic amines is 1. The highest BCUT2D eigenvalue weighted by atomic mass is 32.1. The number of hydrogen-bond donors (Lipinski definition) is 2. The summed E-state index contributed by atoms with van der Waals surface area (Å²) in [7, 11) is 1.57. The SMILES string of the molecule is COc1ccc(-c2n[nH]c(=S)n2CC(=O)NC(C)c2ccc(F)cc2F)cc1. The summed E-state index contributed by atoms with van der Waals surface area (Å²) in [6, 6.07) is 9.75. The molecule has 0 aliphatic carbocycles. The minimum atomic E-state index is -0.716. The average Bonchev–Trinajstić information content (AvgIpc) is 3.02. The minimum absolute atomic E-state index is 0.107. The summed E-state index contributed by atoms with van der Waals surface area (Å²) >= 11 is 5.22. The molecule has 1 amide bonds. The third kappa shape index (κ3) is 4.25. The second-order valence-electron chi connectivity index (χ2n) is 6.12. The summed E-state index contributed by atoms with van der Waals surface area (Å²) in [5.74, 6) is -0.593. The second-order valence-corrected chi connectivity index (χ2v) is 6.51. The maximum atomic E-state index is 13.9. The van der Waals surface area contributed by atoms with Gasteiger partial charge in [0.15, 0.2) is 10.6 Å². The molecule has 2 aromatic carbocycles. The van der Waals surface area contributed by atoms with Gasteiger partial charge in [0.2, 0.25) is 5.91 Å². The molecule has 28 heavy (non-hydrogen) atoms. The Morgan fingerprint density at radius 3 is 2.64 bits per heavy atom. The first kappa shape index (κ1) is 19.7. The second kappa shape index (κ2) is 8.30. The molecule has 3 aromatic rings. The van der Waals surface area contributed by atoms with E-state index in [0.717, 1.165) is 17.7 Å². The first-order valence-corrected chi connectivity index (χ1v) is 8.84. The highest BCUT2D eigenvalue weighted by molar-refractivity contribution is 7.71. The van der Waals surface area contributed by atoms with Crippen molar-refractivity contribution in [3.8, 4) is 17.1 Å². The van der Waals surface area contributed by atoms with Crippen LogP contribution in [0.25, 0.3) is 11.4 Å². The summed E-state index contributed by atoms with van der Waals surface area (Å²) < 4.78 is 33.9. The fraction of sp³-hybridized carbons (Fsp3) is 0.211. The van der Waals surface area contributed by atoms with E-state index in [4.69, 9.17) is 17.0 Å². The Morgan fingerprint density at radius 2 is 2.00 bits per heavy atom. The predicted octanol–water partition coefficient (Wildman–Crippen LogP) is 3.77. The molecule has 1 unspecified atom stereocenters. The Morgan fingerprint density at radius 1 is 1.29 bits per heavy atom. The number of halogens is 2. The van der Waals surface area contributed by atoms with Gasteiger partial charge in [-0.2, -0.15) is 5.10 Å². The summed E-state index contributed by atoms with van der Waals surface area (Å²) in [6.45, 7) is 1.51. The Bertz CT molecular complexity index is 1050. The lowest BCUT2D eigenvalue weighted by atomic mass is 10.1. The first-order chi connectivity index (χ1) is 13.4. The number of nitrogens with one attached hydrogen (secondary N) is 2. The lowest BCUT2D eigenvalue weighted by Crippen LogP contribution is -2.30. The van der Waals surface area contributed by atoms with Gasteiger partial charge in [0, 0.05) is 17.2 Å². The number of nitrogens with zero attached hydrogens (tertiary/aromatic N) is 2. The molecule has 1 aromatic heterocycles. The first-order valence-electron chi connectivity index (χ1n) is 8.43. The largest absolute Gasteiger partial charge is 0.497 e. The molecule has 0 spiro atoms. The quantitative estimate of drug-likeness (QED) is 0.614. The number of carbonyl (C=O) groups is 1. The van der Waals surface area contributed by atoms with Crippen LogP contribution < -0.4 is 10.1 Å². The number of rotatable bonds is 6. The van der Waals surface area contributed by atoms with Crippen molar-refractivity contribution in [2.24, 2.45) is 0 Å². The van der Waals surface area contributed by atoms with Gasteiger partial charge in [-0.05, 0) is 49.5 Å². The zero-order chi connectivity index (χ0) is 20.3. The number of benzene rings is 2. The van der Waals surface area contributed by atoms with E-state index < -0.39 is 17.7 Å². The monoisotopic (exact) mass is 404 g/mol. The van der Waals surface area contributed by atoms with E-state index in [9.17, 15) is 13.6 Å². The van der Waals surface area contributed by atoms with Gasteiger partial charge < -0.3 is 10.1 Å². The maximum Gasteiger partial charge on any atom is 0.240 e. The molecule has 1 atom stereocenters. The molecule has 0 aliphatic heterocycles. The van der Waals surface area contributed by atoms with E-state index in [-0.39, 0.29) is 22.8 Å². The van der Waals surface area contributed by atoms with Crippen LogP contribution in [-0.2, 0) is 11.3 Å². The van der Waals surface area contributed by atoms with Crippen molar-refractivity contribution in [2.45, 2.75) is 19.5 Å². The molecule has 2 N–H and O–H groups in total. The van der Waals surface area contributed by atoms with Crippen LogP contribution in [0.4, 0.5) is 8.78 Å². The lowest BCUT2D eigenvalue weighted by Gasteiger charge is -2.16. The predicted molar refractivity (Wildman–Crippen MR) is 102 cm³/mol. The number of carbonyl (C=O) groups excluding carboxylic acids is 1. The van der Waals surface area contributed by atoms with Crippen LogP contribution in [0.2, 0.25) is 0 Å². The summed E-state index contributed by atoms with van der Waals surface area (Å²) in [5, 5.41) is 9.54. The fourth-order valence-electron chi connectivity index (χ4n) is 2.79. The molecule has 0 aliphatic rings. The Kier molecular flexibility index (Phi) is 5.84. The number of hydrogen-bond acceptors (Lipinski definition) is 4. The van der Waals surface area contributed by atoms with Crippen molar-refractivity contribution >= 4 is 18.1 Å². The standard InChI is InChI=1S/C19H18F2N4O2S/c1-11(15-8-5-13(20)9-16(15)21)22-17(26)10-25-18(23-24-19(25)28)12-3-6-14(27-2)7-4-12/h3-9,11H,10H2,1-2H3,(H,22,26)(H,24,28). The molecule has 0 bridgehead atoms. The fourth-order valence-corrected chi connectivity index (χ4v) is 2.98. The molecule has 1 heterocycles. The Balaban J connectivity index is 1.77. The summed E-state index contributed by atoms with van der Waals surface area (Å²) in [4.78, 5) is 12.5. The number of aromatic nitrogens is 3. The van der Waals surface area contributed by atoms with E-state index in [1.54, 1.807) is 42.9 Å². The van der Waals surface area contributed by atoms with Crippen molar-refractivity contribution < 1.29 is 18.3 Å². The highest BCUT2D eigenvalue weighted by Gasteiger charge is 2.17. The van der Waals surface area contributed by atoms with Gasteiger partial charge in [-0.1, -0.05) is 6.07 Å². The van der Waals surface area contributed by atoms with Crippen LogP contribution in [0.15, 0.2) is 42.5 Å². The zero-order valence-electron chi connectivity index (χ0n) is 15.2. The Hall–Kier alpha value is -3.07. The molecular formula is C19H18F2N4O2S. The smallest absolute Gasteiger partial charge is 0.240 e. The topological polar surface area (TPSA) is 71.9 Å². The number of amides is 1. The van der Waals surface area contributed by atoms with Crippen molar-refractivity contribution in [3.63, 3.8) is 0 Å². The normalized spacial score (nSPS) is 11.9. The van der Waals surface area contributed by atoms with E-state index in [2.05, 4.69) is 15.5 Å². The van der Waals surface area contributed by atoms with Gasteiger partial charge in [0.1, 0.15) is 23.9 Å². The van der Waals surface area contributed by atoms with Gasteiger partial charge in [-0.3, -0.25) is 14.5 Å². The molecule has 0 radical (unpaired) electrons.